The Morgan fingerprint density at radius 1 is 1.05 bits per heavy atom. The third-order valence-electron chi connectivity index (χ3n) is 6.46. The SMILES string of the molecule is Cc1cc(-c2cnc3c(NCCC(F)(F)F)cc(C(F)(F)c4cc(F)ccc4F)nn23)ccc1C(=O)NC1CC1. The molecule has 0 atom stereocenters. The van der Waals surface area contributed by atoms with Crippen molar-refractivity contribution in [1.29, 1.82) is 0 Å². The number of hydrogen-bond donors (Lipinski definition) is 2. The third kappa shape index (κ3) is 5.58. The van der Waals surface area contributed by atoms with Crippen LogP contribution in [0.4, 0.5) is 36.4 Å². The molecule has 2 aromatic heterocycles. The van der Waals surface area contributed by atoms with Crippen molar-refractivity contribution in [3.8, 4) is 11.3 Å². The first-order valence-corrected chi connectivity index (χ1v) is 12.3. The monoisotopic (exact) mass is 565 g/mol. The normalized spacial score (nSPS) is 14.0. The number of fused-ring (bicyclic) bond motifs is 1. The highest BCUT2D eigenvalue weighted by molar-refractivity contribution is 5.96. The van der Waals surface area contributed by atoms with Crippen LogP contribution in [0.2, 0.25) is 0 Å². The Hall–Kier alpha value is -4.16. The van der Waals surface area contributed by atoms with E-state index < -0.39 is 48.0 Å². The molecule has 0 bridgehead atoms. The average molecular weight is 565 g/mol. The van der Waals surface area contributed by atoms with E-state index in [0.29, 0.717) is 34.9 Å². The molecule has 0 spiro atoms. The van der Waals surface area contributed by atoms with Gasteiger partial charge in [0.15, 0.2) is 5.65 Å². The fourth-order valence-corrected chi connectivity index (χ4v) is 4.23. The lowest BCUT2D eigenvalue weighted by Gasteiger charge is -2.19. The minimum absolute atomic E-state index is 0.0651. The number of rotatable bonds is 8. The van der Waals surface area contributed by atoms with Crippen LogP contribution < -0.4 is 10.6 Å². The molecule has 1 saturated carbocycles. The molecule has 1 aliphatic rings. The van der Waals surface area contributed by atoms with Crippen molar-refractivity contribution in [2.45, 2.75) is 44.3 Å². The van der Waals surface area contributed by atoms with Crippen LogP contribution in [0.1, 0.15) is 46.4 Å². The van der Waals surface area contributed by atoms with E-state index >= 15 is 8.78 Å². The number of amides is 1. The van der Waals surface area contributed by atoms with Gasteiger partial charge in [-0.3, -0.25) is 4.79 Å². The van der Waals surface area contributed by atoms with Crippen molar-refractivity contribution in [3.05, 3.63) is 82.7 Å². The average Bonchev–Trinajstić information content (AvgIpc) is 3.58. The summed E-state index contributed by atoms with van der Waals surface area (Å²) < 4.78 is 98.5. The van der Waals surface area contributed by atoms with Crippen LogP contribution in [0.15, 0.2) is 48.7 Å². The van der Waals surface area contributed by atoms with Crippen LogP contribution in [0.25, 0.3) is 16.9 Å². The largest absolute Gasteiger partial charge is 0.390 e. The first-order valence-electron chi connectivity index (χ1n) is 12.3. The molecule has 13 heteroatoms. The fraction of sp³-hybridized carbons (Fsp3) is 0.296. The molecule has 5 rings (SSSR count). The van der Waals surface area contributed by atoms with Crippen molar-refractivity contribution < 1.29 is 35.5 Å². The molecule has 4 aromatic rings. The van der Waals surface area contributed by atoms with E-state index in [4.69, 9.17) is 0 Å². The zero-order valence-corrected chi connectivity index (χ0v) is 20.9. The van der Waals surface area contributed by atoms with Crippen LogP contribution in [-0.2, 0) is 5.92 Å². The molecule has 0 radical (unpaired) electrons. The number of benzene rings is 2. The van der Waals surface area contributed by atoms with Crippen molar-refractivity contribution in [1.82, 2.24) is 19.9 Å². The van der Waals surface area contributed by atoms with Crippen LogP contribution >= 0.6 is 0 Å². The highest BCUT2D eigenvalue weighted by atomic mass is 19.4. The topological polar surface area (TPSA) is 71.3 Å². The Morgan fingerprint density at radius 3 is 2.48 bits per heavy atom. The smallest absolute Gasteiger partial charge is 0.382 e. The summed E-state index contributed by atoms with van der Waals surface area (Å²) in [5.74, 6) is -6.91. The summed E-state index contributed by atoms with van der Waals surface area (Å²) in [5.41, 5.74) is -1.00. The molecule has 0 aliphatic heterocycles. The maximum Gasteiger partial charge on any atom is 0.390 e. The van der Waals surface area contributed by atoms with Gasteiger partial charge >= 0.3 is 12.1 Å². The first kappa shape index (κ1) is 27.4. The number of carbonyl (C=O) groups excluding carboxylic acids is 1. The van der Waals surface area contributed by atoms with E-state index in [9.17, 15) is 26.7 Å². The van der Waals surface area contributed by atoms with E-state index in [1.54, 1.807) is 25.1 Å². The number of carbonyl (C=O) groups is 1. The molecule has 0 unspecified atom stereocenters. The minimum atomic E-state index is -4.51. The molecule has 6 nitrogen and oxygen atoms in total. The summed E-state index contributed by atoms with van der Waals surface area (Å²) in [7, 11) is 0. The highest BCUT2D eigenvalue weighted by Crippen LogP contribution is 2.38. The number of aryl methyl sites for hydroxylation is 1. The molecule has 2 N–H and O–H groups in total. The van der Waals surface area contributed by atoms with Gasteiger partial charge in [0.2, 0.25) is 0 Å². The van der Waals surface area contributed by atoms with Gasteiger partial charge in [0, 0.05) is 23.7 Å². The minimum Gasteiger partial charge on any atom is -0.382 e. The van der Waals surface area contributed by atoms with Crippen molar-refractivity contribution in [2.24, 2.45) is 0 Å². The molecule has 1 fully saturated rings. The molecular formula is C27H22F7N5O. The Kier molecular flexibility index (Phi) is 6.92. The lowest BCUT2D eigenvalue weighted by molar-refractivity contribution is -0.131. The van der Waals surface area contributed by atoms with Gasteiger partial charge in [0.25, 0.3) is 5.91 Å². The number of nitrogens with zero attached hydrogens (tertiary/aromatic N) is 3. The standard InChI is InChI=1S/C27H22F7N5O/c1-14-10-15(2-6-18(14)25(40)37-17-4-5-17)22-13-36-24-21(35-9-8-26(30,31)32)12-23(38-39(22)24)27(33,34)19-11-16(28)3-7-20(19)29/h2-3,6-7,10-13,17,35H,4-5,8-9H2,1H3,(H,37,40). The molecule has 2 aromatic carbocycles. The van der Waals surface area contributed by atoms with Gasteiger partial charge in [-0.2, -0.15) is 27.1 Å². The van der Waals surface area contributed by atoms with Gasteiger partial charge < -0.3 is 10.6 Å². The van der Waals surface area contributed by atoms with Crippen molar-refractivity contribution in [2.75, 3.05) is 11.9 Å². The predicted octanol–water partition coefficient (Wildman–Crippen LogP) is 6.38. The number of halogens is 7. The van der Waals surface area contributed by atoms with Gasteiger partial charge in [-0.1, -0.05) is 6.07 Å². The molecule has 1 amide bonds. The van der Waals surface area contributed by atoms with Crippen LogP contribution in [0.5, 0.6) is 0 Å². The third-order valence-corrected chi connectivity index (χ3v) is 6.46. The van der Waals surface area contributed by atoms with Gasteiger partial charge in [-0.25, -0.2) is 18.3 Å². The van der Waals surface area contributed by atoms with Gasteiger partial charge in [0.1, 0.15) is 17.3 Å². The molecule has 0 saturated heterocycles. The van der Waals surface area contributed by atoms with Gasteiger partial charge in [0.05, 0.1) is 29.6 Å². The lowest BCUT2D eigenvalue weighted by atomic mass is 10.0. The van der Waals surface area contributed by atoms with Gasteiger partial charge in [-0.15, -0.1) is 0 Å². The second kappa shape index (κ2) is 10.1. The van der Waals surface area contributed by atoms with E-state index in [1.165, 1.54) is 6.20 Å². The highest BCUT2D eigenvalue weighted by Gasteiger charge is 2.40. The lowest BCUT2D eigenvalue weighted by Crippen LogP contribution is -2.26. The van der Waals surface area contributed by atoms with Crippen molar-refractivity contribution >= 4 is 17.2 Å². The molecular weight excluding hydrogens is 543 g/mol. The Morgan fingerprint density at radius 2 is 1.80 bits per heavy atom. The van der Waals surface area contributed by atoms with E-state index in [0.717, 1.165) is 23.4 Å². The molecule has 1 aliphatic carbocycles. The predicted molar refractivity (Wildman–Crippen MR) is 132 cm³/mol. The molecule has 40 heavy (non-hydrogen) atoms. The van der Waals surface area contributed by atoms with E-state index in [-0.39, 0.29) is 29.0 Å². The summed E-state index contributed by atoms with van der Waals surface area (Å²) >= 11 is 0. The fourth-order valence-electron chi connectivity index (χ4n) is 4.23. The van der Waals surface area contributed by atoms with Gasteiger partial charge in [-0.05, 0) is 61.7 Å². The second-order valence-electron chi connectivity index (χ2n) is 9.59. The van der Waals surface area contributed by atoms with Crippen LogP contribution in [0, 0.1) is 18.6 Å². The summed E-state index contributed by atoms with van der Waals surface area (Å²) in [6.45, 7) is 1.03. The number of alkyl halides is 5. The number of nitrogens with one attached hydrogen (secondary N) is 2. The number of hydrogen-bond acceptors (Lipinski definition) is 4. The quantitative estimate of drug-likeness (QED) is 0.243. The van der Waals surface area contributed by atoms with Crippen LogP contribution in [0.3, 0.4) is 0 Å². The number of aromatic nitrogens is 3. The zero-order valence-electron chi connectivity index (χ0n) is 20.9. The van der Waals surface area contributed by atoms with E-state index in [2.05, 4.69) is 20.7 Å². The Bertz CT molecular complexity index is 1590. The molecule has 210 valence electrons. The van der Waals surface area contributed by atoms with Crippen LogP contribution in [-0.4, -0.2) is 39.3 Å². The second-order valence-corrected chi connectivity index (χ2v) is 9.59. The number of anilines is 1. The maximum atomic E-state index is 15.5. The Labute approximate surface area is 223 Å². The summed E-state index contributed by atoms with van der Waals surface area (Å²) in [6.07, 6.45) is -2.67. The zero-order chi connectivity index (χ0) is 28.8. The maximum absolute atomic E-state index is 15.5. The summed E-state index contributed by atoms with van der Waals surface area (Å²) in [4.78, 5) is 16.7. The summed E-state index contributed by atoms with van der Waals surface area (Å²) in [5, 5.41) is 9.30. The first-order chi connectivity index (χ1) is 18.8. The summed E-state index contributed by atoms with van der Waals surface area (Å²) in [6, 6.07) is 7.22. The molecule has 2 heterocycles. The van der Waals surface area contributed by atoms with Crippen molar-refractivity contribution in [3.63, 3.8) is 0 Å². The van der Waals surface area contributed by atoms with E-state index in [1.807, 2.05) is 0 Å². The number of imidazole rings is 1. The Balaban J connectivity index is 1.60.